The zero-order chi connectivity index (χ0) is 12.7. The summed E-state index contributed by atoms with van der Waals surface area (Å²) in [7, 11) is 0. The van der Waals surface area contributed by atoms with Gasteiger partial charge in [-0.1, -0.05) is 13.8 Å². The smallest absolute Gasteiger partial charge is 0.0918 e. The number of nitrogens with zero attached hydrogens (tertiary/aromatic N) is 2. The molecule has 1 aliphatic heterocycles. The van der Waals surface area contributed by atoms with Gasteiger partial charge in [-0.05, 0) is 13.1 Å². The van der Waals surface area contributed by atoms with E-state index in [1.165, 1.54) is 0 Å². The SMILES string of the molecule is CCN1CCOC(CN(CC)CCC(=N)N)C1. The summed E-state index contributed by atoms with van der Waals surface area (Å²) in [6.07, 6.45) is 0.952. The van der Waals surface area contributed by atoms with Crippen molar-refractivity contribution in [2.24, 2.45) is 5.73 Å². The number of amidine groups is 1. The molecular formula is C12H26N4O. The number of ether oxygens (including phenoxy) is 1. The lowest BCUT2D eigenvalue weighted by Crippen LogP contribution is -2.47. The first-order valence-electron chi connectivity index (χ1n) is 6.54. The van der Waals surface area contributed by atoms with Gasteiger partial charge in [-0.2, -0.15) is 0 Å². The number of hydrogen-bond acceptors (Lipinski definition) is 4. The second-order valence-corrected chi connectivity index (χ2v) is 4.55. The maximum Gasteiger partial charge on any atom is 0.0918 e. The molecule has 0 bridgehead atoms. The second kappa shape index (κ2) is 7.63. The van der Waals surface area contributed by atoms with Crippen molar-refractivity contribution in [3.05, 3.63) is 0 Å². The van der Waals surface area contributed by atoms with Crippen LogP contribution in [0.1, 0.15) is 20.3 Å². The van der Waals surface area contributed by atoms with E-state index in [1.54, 1.807) is 0 Å². The largest absolute Gasteiger partial charge is 0.388 e. The monoisotopic (exact) mass is 242 g/mol. The Bertz CT molecular complexity index is 235. The van der Waals surface area contributed by atoms with Crippen molar-refractivity contribution in [2.75, 3.05) is 45.9 Å². The molecule has 5 nitrogen and oxygen atoms in total. The molecule has 1 aliphatic rings. The molecule has 0 aromatic heterocycles. The van der Waals surface area contributed by atoms with E-state index in [1.807, 2.05) is 0 Å². The Balaban J connectivity index is 2.31. The van der Waals surface area contributed by atoms with E-state index in [0.717, 1.165) is 45.9 Å². The zero-order valence-corrected chi connectivity index (χ0v) is 11.1. The van der Waals surface area contributed by atoms with Crippen molar-refractivity contribution in [2.45, 2.75) is 26.4 Å². The van der Waals surface area contributed by atoms with Crippen molar-refractivity contribution >= 4 is 5.84 Å². The van der Waals surface area contributed by atoms with Crippen LogP contribution in [0.15, 0.2) is 0 Å². The van der Waals surface area contributed by atoms with Gasteiger partial charge in [0.05, 0.1) is 18.5 Å². The lowest BCUT2D eigenvalue weighted by molar-refractivity contribution is -0.0409. The summed E-state index contributed by atoms with van der Waals surface area (Å²) in [6.45, 7) is 11.1. The van der Waals surface area contributed by atoms with Crippen molar-refractivity contribution in [1.82, 2.24) is 9.80 Å². The summed E-state index contributed by atoms with van der Waals surface area (Å²) in [5.41, 5.74) is 5.39. The summed E-state index contributed by atoms with van der Waals surface area (Å²) in [5.74, 6) is 0.267. The zero-order valence-electron chi connectivity index (χ0n) is 11.1. The molecule has 0 saturated carbocycles. The Kier molecular flexibility index (Phi) is 6.47. The number of hydrogen-bond donors (Lipinski definition) is 2. The molecule has 3 N–H and O–H groups in total. The van der Waals surface area contributed by atoms with Gasteiger partial charge in [0.25, 0.3) is 0 Å². The molecule has 1 unspecified atom stereocenters. The van der Waals surface area contributed by atoms with Crippen LogP contribution in [-0.2, 0) is 4.74 Å². The molecule has 17 heavy (non-hydrogen) atoms. The molecule has 5 heteroatoms. The highest BCUT2D eigenvalue weighted by atomic mass is 16.5. The van der Waals surface area contributed by atoms with Gasteiger partial charge in [0.1, 0.15) is 0 Å². The fourth-order valence-electron chi connectivity index (χ4n) is 2.12. The Morgan fingerprint density at radius 1 is 1.53 bits per heavy atom. The third-order valence-corrected chi connectivity index (χ3v) is 3.28. The van der Waals surface area contributed by atoms with Gasteiger partial charge in [0, 0.05) is 32.6 Å². The van der Waals surface area contributed by atoms with E-state index in [4.69, 9.17) is 15.9 Å². The average molecular weight is 242 g/mol. The van der Waals surface area contributed by atoms with Crippen LogP contribution in [0, 0.1) is 5.41 Å². The summed E-state index contributed by atoms with van der Waals surface area (Å²) in [6, 6.07) is 0. The van der Waals surface area contributed by atoms with Crippen LogP contribution < -0.4 is 5.73 Å². The van der Waals surface area contributed by atoms with Crippen LogP contribution in [0.25, 0.3) is 0 Å². The summed E-state index contributed by atoms with van der Waals surface area (Å²) in [5, 5.41) is 7.26. The molecule has 1 fully saturated rings. The van der Waals surface area contributed by atoms with E-state index in [9.17, 15) is 0 Å². The van der Waals surface area contributed by atoms with Crippen molar-refractivity contribution in [3.63, 3.8) is 0 Å². The molecule has 0 aliphatic carbocycles. The Morgan fingerprint density at radius 3 is 2.88 bits per heavy atom. The molecule has 100 valence electrons. The van der Waals surface area contributed by atoms with E-state index < -0.39 is 0 Å². The summed E-state index contributed by atoms with van der Waals surface area (Å²) < 4.78 is 5.78. The van der Waals surface area contributed by atoms with Gasteiger partial charge < -0.3 is 15.4 Å². The van der Waals surface area contributed by atoms with Crippen molar-refractivity contribution in [1.29, 1.82) is 5.41 Å². The minimum atomic E-state index is 0.267. The minimum Gasteiger partial charge on any atom is -0.388 e. The average Bonchev–Trinajstić information content (AvgIpc) is 2.34. The minimum absolute atomic E-state index is 0.267. The van der Waals surface area contributed by atoms with Gasteiger partial charge in [0.2, 0.25) is 0 Å². The highest BCUT2D eigenvalue weighted by molar-refractivity contribution is 5.76. The van der Waals surface area contributed by atoms with E-state index >= 15 is 0 Å². The summed E-state index contributed by atoms with van der Waals surface area (Å²) >= 11 is 0. The third kappa shape index (κ3) is 5.48. The van der Waals surface area contributed by atoms with Gasteiger partial charge >= 0.3 is 0 Å². The van der Waals surface area contributed by atoms with Crippen molar-refractivity contribution in [3.8, 4) is 0 Å². The van der Waals surface area contributed by atoms with Crippen LogP contribution in [0.4, 0.5) is 0 Å². The quantitative estimate of drug-likeness (QED) is 0.499. The number of nitrogens with one attached hydrogen (secondary N) is 1. The molecule has 0 spiro atoms. The molecule has 1 saturated heterocycles. The molecule has 1 atom stereocenters. The van der Waals surface area contributed by atoms with Crippen LogP contribution in [0.5, 0.6) is 0 Å². The predicted octanol–water partition coefficient (Wildman–Crippen LogP) is 0.355. The first-order chi connectivity index (χ1) is 8.15. The fourth-order valence-corrected chi connectivity index (χ4v) is 2.12. The first kappa shape index (κ1) is 14.4. The lowest BCUT2D eigenvalue weighted by atomic mass is 10.2. The van der Waals surface area contributed by atoms with E-state index in [2.05, 4.69) is 23.6 Å². The number of rotatable bonds is 7. The van der Waals surface area contributed by atoms with Gasteiger partial charge in [-0.3, -0.25) is 10.3 Å². The first-order valence-corrected chi connectivity index (χ1v) is 6.54. The molecule has 0 aromatic rings. The van der Waals surface area contributed by atoms with Crippen LogP contribution in [0.3, 0.4) is 0 Å². The standard InChI is InChI=1S/C12H26N4O/c1-3-15(6-5-12(13)14)9-11-10-16(4-2)7-8-17-11/h11H,3-10H2,1-2H3,(H3,13,14). The maximum absolute atomic E-state index is 7.26. The van der Waals surface area contributed by atoms with Crippen LogP contribution in [-0.4, -0.2) is 67.6 Å². The molecular weight excluding hydrogens is 216 g/mol. The third-order valence-electron chi connectivity index (χ3n) is 3.28. The Morgan fingerprint density at radius 2 is 2.29 bits per heavy atom. The van der Waals surface area contributed by atoms with Gasteiger partial charge in [-0.15, -0.1) is 0 Å². The molecule has 0 amide bonds. The summed E-state index contributed by atoms with van der Waals surface area (Å²) in [4.78, 5) is 4.73. The van der Waals surface area contributed by atoms with Crippen LogP contribution in [0.2, 0.25) is 0 Å². The Labute approximate surface area is 104 Å². The normalized spacial score (nSPS) is 21.9. The highest BCUT2D eigenvalue weighted by Gasteiger charge is 2.21. The van der Waals surface area contributed by atoms with Crippen LogP contribution >= 0.6 is 0 Å². The molecule has 1 heterocycles. The number of morpholine rings is 1. The Hall–Kier alpha value is -0.650. The van der Waals surface area contributed by atoms with Gasteiger partial charge in [0.15, 0.2) is 0 Å². The lowest BCUT2D eigenvalue weighted by Gasteiger charge is -2.34. The van der Waals surface area contributed by atoms with Crippen molar-refractivity contribution < 1.29 is 4.74 Å². The number of likely N-dealkylation sites (N-methyl/N-ethyl adjacent to an activating group) is 2. The van der Waals surface area contributed by atoms with E-state index in [0.29, 0.717) is 12.5 Å². The van der Waals surface area contributed by atoms with Gasteiger partial charge in [-0.25, -0.2) is 0 Å². The molecule has 0 radical (unpaired) electrons. The molecule has 1 rings (SSSR count). The topological polar surface area (TPSA) is 65.6 Å². The highest BCUT2D eigenvalue weighted by Crippen LogP contribution is 2.07. The number of nitrogens with two attached hydrogens (primary N) is 1. The predicted molar refractivity (Wildman–Crippen MR) is 70.5 cm³/mol. The second-order valence-electron chi connectivity index (χ2n) is 4.55. The van der Waals surface area contributed by atoms with E-state index in [-0.39, 0.29) is 5.84 Å². The molecule has 0 aromatic carbocycles. The fraction of sp³-hybridized carbons (Fsp3) is 0.917. The maximum atomic E-state index is 7.26.